The Hall–Kier alpha value is -0.810. The van der Waals surface area contributed by atoms with Crippen molar-refractivity contribution in [1.29, 1.82) is 0 Å². The van der Waals surface area contributed by atoms with Crippen LogP contribution < -0.4 is 10.6 Å². The molecule has 0 aromatic heterocycles. The molecule has 0 aliphatic heterocycles. The molecule has 90 valence electrons. The van der Waals surface area contributed by atoms with Gasteiger partial charge in [0.05, 0.1) is 13.2 Å². The largest absolute Gasteiger partial charge is 0.382 e. The first kappa shape index (κ1) is 14.2. The predicted molar refractivity (Wildman–Crippen MR) is 59.0 cm³/mol. The Morgan fingerprint density at radius 2 is 2.00 bits per heavy atom. The molecule has 5 nitrogen and oxygen atoms in total. The Morgan fingerprint density at radius 1 is 1.40 bits per heavy atom. The molecule has 0 heterocycles. The van der Waals surface area contributed by atoms with E-state index in [0.29, 0.717) is 13.2 Å². The molecule has 0 saturated heterocycles. The highest BCUT2D eigenvalue weighted by Crippen LogP contribution is 2.07. The van der Waals surface area contributed by atoms with Crippen molar-refractivity contribution in [3.8, 4) is 0 Å². The molecule has 0 saturated carbocycles. The lowest BCUT2D eigenvalue weighted by Gasteiger charge is -2.27. The molecule has 0 spiro atoms. The lowest BCUT2D eigenvalue weighted by Crippen LogP contribution is -2.49. The Balaban J connectivity index is 3.94. The third-order valence-electron chi connectivity index (χ3n) is 1.99. The maximum atomic E-state index is 11.3. The zero-order chi connectivity index (χ0) is 11.9. The van der Waals surface area contributed by atoms with Crippen LogP contribution in [0, 0.1) is 0 Å². The van der Waals surface area contributed by atoms with Gasteiger partial charge in [0.15, 0.2) is 0 Å². The Morgan fingerprint density at radius 3 is 2.40 bits per heavy atom. The van der Waals surface area contributed by atoms with Crippen LogP contribution in [0.25, 0.3) is 0 Å². The van der Waals surface area contributed by atoms with Crippen molar-refractivity contribution >= 4 is 6.03 Å². The minimum absolute atomic E-state index is 0.126. The zero-order valence-electron chi connectivity index (χ0n) is 10.2. The topological polar surface area (TPSA) is 59.6 Å². The molecule has 1 atom stereocenters. The van der Waals surface area contributed by atoms with Gasteiger partial charge in [0, 0.05) is 20.3 Å². The van der Waals surface area contributed by atoms with E-state index in [1.54, 1.807) is 14.2 Å². The van der Waals surface area contributed by atoms with Gasteiger partial charge < -0.3 is 20.1 Å². The summed E-state index contributed by atoms with van der Waals surface area (Å²) < 4.78 is 10.3. The standard InChI is InChI=1S/C10H22N2O3/c1-8(2)12-9(13)11-6-10(3,15-5)7-14-4/h8H,6-7H2,1-5H3,(H2,11,12,13). The maximum absolute atomic E-state index is 11.3. The second-order valence-electron chi connectivity index (χ2n) is 4.07. The highest BCUT2D eigenvalue weighted by Gasteiger charge is 2.24. The molecule has 1 unspecified atom stereocenters. The zero-order valence-corrected chi connectivity index (χ0v) is 10.2. The molecule has 0 rings (SSSR count). The first-order chi connectivity index (χ1) is 6.93. The van der Waals surface area contributed by atoms with Crippen LogP contribution in [0.3, 0.4) is 0 Å². The summed E-state index contributed by atoms with van der Waals surface area (Å²) in [5.41, 5.74) is -0.483. The molecule has 15 heavy (non-hydrogen) atoms. The summed E-state index contributed by atoms with van der Waals surface area (Å²) >= 11 is 0. The van der Waals surface area contributed by atoms with Gasteiger partial charge in [0.25, 0.3) is 0 Å². The van der Waals surface area contributed by atoms with Crippen molar-refractivity contribution in [3.63, 3.8) is 0 Å². The average Bonchev–Trinajstić information content (AvgIpc) is 2.14. The van der Waals surface area contributed by atoms with E-state index in [4.69, 9.17) is 9.47 Å². The summed E-state index contributed by atoms with van der Waals surface area (Å²) in [6, 6.07) is -0.0643. The van der Waals surface area contributed by atoms with Crippen LogP contribution in [-0.4, -0.2) is 45.0 Å². The van der Waals surface area contributed by atoms with Crippen LogP contribution in [-0.2, 0) is 9.47 Å². The van der Waals surface area contributed by atoms with E-state index in [9.17, 15) is 4.79 Å². The molecular formula is C10H22N2O3. The van der Waals surface area contributed by atoms with Gasteiger partial charge >= 0.3 is 6.03 Å². The van der Waals surface area contributed by atoms with Crippen LogP contribution in [0.15, 0.2) is 0 Å². The van der Waals surface area contributed by atoms with Gasteiger partial charge in [-0.05, 0) is 20.8 Å². The Kier molecular flexibility index (Phi) is 6.27. The smallest absolute Gasteiger partial charge is 0.315 e. The second kappa shape index (κ2) is 6.63. The van der Waals surface area contributed by atoms with Gasteiger partial charge in [-0.2, -0.15) is 0 Å². The van der Waals surface area contributed by atoms with E-state index in [0.717, 1.165) is 0 Å². The molecular weight excluding hydrogens is 196 g/mol. The molecule has 0 aliphatic carbocycles. The molecule has 0 bridgehead atoms. The fraction of sp³-hybridized carbons (Fsp3) is 0.900. The van der Waals surface area contributed by atoms with Crippen molar-refractivity contribution in [1.82, 2.24) is 10.6 Å². The fourth-order valence-electron chi connectivity index (χ4n) is 1.07. The minimum atomic E-state index is -0.483. The lowest BCUT2D eigenvalue weighted by atomic mass is 10.1. The van der Waals surface area contributed by atoms with Crippen molar-refractivity contribution in [2.24, 2.45) is 0 Å². The summed E-state index contributed by atoms with van der Waals surface area (Å²) in [5, 5.41) is 5.47. The van der Waals surface area contributed by atoms with Crippen LogP contribution >= 0.6 is 0 Å². The highest BCUT2D eigenvalue weighted by molar-refractivity contribution is 5.74. The Bertz CT molecular complexity index is 197. The van der Waals surface area contributed by atoms with Crippen molar-refractivity contribution in [2.75, 3.05) is 27.4 Å². The molecule has 2 N–H and O–H groups in total. The SMILES string of the molecule is COCC(C)(CNC(=O)NC(C)C)OC. The van der Waals surface area contributed by atoms with Gasteiger partial charge in [-0.15, -0.1) is 0 Å². The number of carbonyl (C=O) groups is 1. The summed E-state index contributed by atoms with van der Waals surface area (Å²) in [6.45, 7) is 6.54. The van der Waals surface area contributed by atoms with Crippen LogP contribution in [0.2, 0.25) is 0 Å². The number of nitrogens with one attached hydrogen (secondary N) is 2. The van der Waals surface area contributed by atoms with Crippen molar-refractivity contribution in [2.45, 2.75) is 32.4 Å². The first-order valence-electron chi connectivity index (χ1n) is 5.02. The van der Waals surface area contributed by atoms with E-state index in [-0.39, 0.29) is 12.1 Å². The van der Waals surface area contributed by atoms with Gasteiger partial charge in [0.2, 0.25) is 0 Å². The third-order valence-corrected chi connectivity index (χ3v) is 1.99. The molecule has 0 fully saturated rings. The number of hydrogen-bond donors (Lipinski definition) is 2. The summed E-state index contributed by atoms with van der Waals surface area (Å²) in [6.07, 6.45) is 0. The van der Waals surface area contributed by atoms with Crippen LogP contribution in [0.4, 0.5) is 4.79 Å². The number of hydrogen-bond acceptors (Lipinski definition) is 3. The van der Waals surface area contributed by atoms with E-state index >= 15 is 0 Å². The lowest BCUT2D eigenvalue weighted by molar-refractivity contribution is -0.0474. The highest BCUT2D eigenvalue weighted by atomic mass is 16.5. The van der Waals surface area contributed by atoms with E-state index < -0.39 is 5.60 Å². The van der Waals surface area contributed by atoms with E-state index in [1.165, 1.54) is 0 Å². The minimum Gasteiger partial charge on any atom is -0.382 e. The van der Waals surface area contributed by atoms with Crippen LogP contribution in [0.5, 0.6) is 0 Å². The summed E-state index contributed by atoms with van der Waals surface area (Å²) in [4.78, 5) is 11.3. The second-order valence-corrected chi connectivity index (χ2v) is 4.07. The van der Waals surface area contributed by atoms with Gasteiger partial charge in [-0.3, -0.25) is 0 Å². The number of amides is 2. The van der Waals surface area contributed by atoms with Crippen LogP contribution in [0.1, 0.15) is 20.8 Å². The molecule has 0 radical (unpaired) electrons. The fourth-order valence-corrected chi connectivity index (χ4v) is 1.07. The normalized spacial score (nSPS) is 14.8. The number of methoxy groups -OCH3 is 2. The van der Waals surface area contributed by atoms with E-state index in [2.05, 4.69) is 10.6 Å². The van der Waals surface area contributed by atoms with Gasteiger partial charge in [0.1, 0.15) is 5.60 Å². The third kappa shape index (κ3) is 6.30. The summed E-state index contributed by atoms with van der Waals surface area (Å²) in [7, 11) is 3.20. The predicted octanol–water partition coefficient (Wildman–Crippen LogP) is 0.746. The van der Waals surface area contributed by atoms with Crippen molar-refractivity contribution in [3.05, 3.63) is 0 Å². The monoisotopic (exact) mass is 218 g/mol. The molecule has 2 amide bonds. The maximum Gasteiger partial charge on any atom is 0.315 e. The van der Waals surface area contributed by atoms with E-state index in [1.807, 2.05) is 20.8 Å². The number of urea groups is 1. The van der Waals surface area contributed by atoms with Crippen molar-refractivity contribution < 1.29 is 14.3 Å². The quantitative estimate of drug-likeness (QED) is 0.691. The molecule has 0 aliphatic rings. The molecule has 5 heteroatoms. The Labute approximate surface area is 91.5 Å². The molecule has 0 aromatic carbocycles. The summed E-state index contributed by atoms with van der Waals surface area (Å²) in [5.74, 6) is 0. The number of carbonyl (C=O) groups excluding carboxylic acids is 1. The molecule has 0 aromatic rings. The first-order valence-corrected chi connectivity index (χ1v) is 5.02. The number of ether oxygens (including phenoxy) is 2. The van der Waals surface area contributed by atoms with Gasteiger partial charge in [-0.25, -0.2) is 4.79 Å². The van der Waals surface area contributed by atoms with Gasteiger partial charge in [-0.1, -0.05) is 0 Å². The average molecular weight is 218 g/mol. The number of rotatable bonds is 6.